The van der Waals surface area contributed by atoms with Gasteiger partial charge in [0.05, 0.1) is 10.6 Å². The van der Waals surface area contributed by atoms with Crippen LogP contribution in [0.3, 0.4) is 0 Å². The second-order valence-electron chi connectivity index (χ2n) is 4.37. The summed E-state index contributed by atoms with van der Waals surface area (Å²) >= 11 is 4.81. The number of hydrogen-bond donors (Lipinski definition) is 1. The van der Waals surface area contributed by atoms with Crippen molar-refractivity contribution in [2.75, 3.05) is 7.05 Å². The van der Waals surface area contributed by atoms with Crippen molar-refractivity contribution < 1.29 is 9.18 Å². The number of benzene rings is 1. The molecule has 0 bridgehead atoms. The monoisotopic (exact) mass is 268 g/mol. The predicted molar refractivity (Wildman–Crippen MR) is 74.1 cm³/mol. The number of halogens is 1. The first-order valence-electron chi connectivity index (χ1n) is 5.65. The Labute approximate surface area is 112 Å². The molecule has 0 aliphatic heterocycles. The van der Waals surface area contributed by atoms with E-state index in [4.69, 9.17) is 18.0 Å². The van der Waals surface area contributed by atoms with Crippen molar-refractivity contribution in [1.82, 2.24) is 4.90 Å². The first-order valence-corrected chi connectivity index (χ1v) is 6.06. The van der Waals surface area contributed by atoms with E-state index in [2.05, 4.69) is 0 Å². The SMILES string of the molecule is Cc1cccc(C(=O)N(C)C(C)CC(N)=S)c1F. The lowest BCUT2D eigenvalue weighted by molar-refractivity contribution is 0.0743. The summed E-state index contributed by atoms with van der Waals surface area (Å²) in [6.45, 7) is 3.45. The molecule has 1 rings (SSSR count). The summed E-state index contributed by atoms with van der Waals surface area (Å²) in [5, 5.41) is 0. The number of rotatable bonds is 4. The topological polar surface area (TPSA) is 46.3 Å². The summed E-state index contributed by atoms with van der Waals surface area (Å²) in [5.74, 6) is -0.836. The molecule has 1 aromatic carbocycles. The summed E-state index contributed by atoms with van der Waals surface area (Å²) in [7, 11) is 1.62. The highest BCUT2D eigenvalue weighted by Gasteiger charge is 2.21. The molecule has 1 unspecified atom stereocenters. The second-order valence-corrected chi connectivity index (χ2v) is 4.90. The van der Waals surface area contributed by atoms with Crippen molar-refractivity contribution in [2.45, 2.75) is 26.3 Å². The molecule has 0 spiro atoms. The molecule has 0 aromatic heterocycles. The third kappa shape index (κ3) is 3.26. The average Bonchev–Trinajstić information content (AvgIpc) is 2.30. The summed E-state index contributed by atoms with van der Waals surface area (Å²) < 4.78 is 13.8. The number of hydrogen-bond acceptors (Lipinski definition) is 2. The van der Waals surface area contributed by atoms with E-state index < -0.39 is 5.82 Å². The molecule has 0 heterocycles. The number of nitrogens with two attached hydrogens (primary N) is 1. The van der Waals surface area contributed by atoms with Gasteiger partial charge in [0.25, 0.3) is 5.91 Å². The molecule has 1 atom stereocenters. The number of aryl methyl sites for hydroxylation is 1. The Morgan fingerprint density at radius 1 is 1.56 bits per heavy atom. The highest BCUT2D eigenvalue weighted by Crippen LogP contribution is 2.15. The van der Waals surface area contributed by atoms with Crippen LogP contribution in [0.4, 0.5) is 4.39 Å². The lowest BCUT2D eigenvalue weighted by Gasteiger charge is -2.25. The Kier molecular flexibility index (Phi) is 4.78. The Morgan fingerprint density at radius 2 is 2.17 bits per heavy atom. The number of amides is 1. The number of carbonyl (C=O) groups is 1. The molecule has 0 fully saturated rings. The summed E-state index contributed by atoms with van der Waals surface area (Å²) in [6.07, 6.45) is 0.422. The molecular weight excluding hydrogens is 251 g/mol. The Morgan fingerprint density at radius 3 is 2.72 bits per heavy atom. The van der Waals surface area contributed by atoms with E-state index in [1.54, 1.807) is 26.1 Å². The number of carbonyl (C=O) groups excluding carboxylic acids is 1. The maximum absolute atomic E-state index is 13.8. The van der Waals surface area contributed by atoms with Crippen molar-refractivity contribution in [3.63, 3.8) is 0 Å². The lowest BCUT2D eigenvalue weighted by atomic mass is 10.1. The standard InChI is InChI=1S/C13H17FN2OS/c1-8-5-4-6-10(12(8)14)13(17)16(3)9(2)7-11(15)18/h4-6,9H,7H2,1-3H3,(H2,15,18). The zero-order valence-corrected chi connectivity index (χ0v) is 11.6. The predicted octanol–water partition coefficient (Wildman–Crippen LogP) is 2.27. The van der Waals surface area contributed by atoms with Crippen LogP contribution in [0.1, 0.15) is 29.3 Å². The molecule has 0 radical (unpaired) electrons. The molecule has 0 aliphatic rings. The van der Waals surface area contributed by atoms with Crippen LogP contribution in [0.5, 0.6) is 0 Å². The van der Waals surface area contributed by atoms with Crippen molar-refractivity contribution in [3.8, 4) is 0 Å². The highest BCUT2D eigenvalue weighted by molar-refractivity contribution is 7.80. The van der Waals surface area contributed by atoms with E-state index in [0.717, 1.165) is 0 Å². The summed E-state index contributed by atoms with van der Waals surface area (Å²) in [4.78, 5) is 13.9. The average molecular weight is 268 g/mol. The summed E-state index contributed by atoms with van der Waals surface area (Å²) in [5.41, 5.74) is 5.97. The number of nitrogens with zero attached hydrogens (tertiary/aromatic N) is 1. The van der Waals surface area contributed by atoms with E-state index in [9.17, 15) is 9.18 Å². The van der Waals surface area contributed by atoms with Crippen molar-refractivity contribution in [1.29, 1.82) is 0 Å². The fourth-order valence-corrected chi connectivity index (χ4v) is 1.87. The minimum absolute atomic E-state index is 0.0762. The fraction of sp³-hybridized carbons (Fsp3) is 0.385. The molecule has 2 N–H and O–H groups in total. The van der Waals surface area contributed by atoms with Crippen LogP contribution >= 0.6 is 12.2 Å². The van der Waals surface area contributed by atoms with Crippen LogP contribution in [0.2, 0.25) is 0 Å². The van der Waals surface area contributed by atoms with Gasteiger partial charge < -0.3 is 10.6 Å². The van der Waals surface area contributed by atoms with Gasteiger partial charge in [0.15, 0.2) is 0 Å². The summed E-state index contributed by atoms with van der Waals surface area (Å²) in [6, 6.07) is 4.62. The van der Waals surface area contributed by atoms with E-state index in [-0.39, 0.29) is 17.5 Å². The van der Waals surface area contributed by atoms with E-state index >= 15 is 0 Å². The van der Waals surface area contributed by atoms with E-state index in [1.165, 1.54) is 11.0 Å². The van der Waals surface area contributed by atoms with E-state index in [0.29, 0.717) is 17.0 Å². The van der Waals surface area contributed by atoms with Crippen LogP contribution in [0.25, 0.3) is 0 Å². The third-order valence-electron chi connectivity index (χ3n) is 2.90. The molecule has 18 heavy (non-hydrogen) atoms. The van der Waals surface area contributed by atoms with Gasteiger partial charge in [-0.1, -0.05) is 24.4 Å². The third-order valence-corrected chi connectivity index (χ3v) is 3.07. The van der Waals surface area contributed by atoms with Crippen molar-refractivity contribution >= 4 is 23.1 Å². The maximum Gasteiger partial charge on any atom is 0.256 e. The van der Waals surface area contributed by atoms with Crippen molar-refractivity contribution in [3.05, 3.63) is 35.1 Å². The minimum Gasteiger partial charge on any atom is -0.393 e. The van der Waals surface area contributed by atoms with Gasteiger partial charge in [-0.15, -0.1) is 0 Å². The van der Waals surface area contributed by atoms with Crippen LogP contribution in [-0.4, -0.2) is 28.9 Å². The van der Waals surface area contributed by atoms with Crippen LogP contribution in [0.15, 0.2) is 18.2 Å². The normalized spacial score (nSPS) is 12.0. The Balaban J connectivity index is 2.93. The van der Waals surface area contributed by atoms with Gasteiger partial charge in [0, 0.05) is 19.5 Å². The van der Waals surface area contributed by atoms with Gasteiger partial charge in [-0.3, -0.25) is 4.79 Å². The van der Waals surface area contributed by atoms with Gasteiger partial charge >= 0.3 is 0 Å². The first kappa shape index (κ1) is 14.6. The maximum atomic E-state index is 13.8. The van der Waals surface area contributed by atoms with Gasteiger partial charge in [-0.25, -0.2) is 4.39 Å². The van der Waals surface area contributed by atoms with E-state index in [1.807, 2.05) is 6.92 Å². The minimum atomic E-state index is -0.475. The Bertz CT molecular complexity index is 476. The number of thiocarbonyl (C=S) groups is 1. The Hall–Kier alpha value is -1.49. The van der Waals surface area contributed by atoms with Gasteiger partial charge in [-0.05, 0) is 25.5 Å². The van der Waals surface area contributed by atoms with Gasteiger partial charge in [0.2, 0.25) is 0 Å². The molecular formula is C13H17FN2OS. The quantitative estimate of drug-likeness (QED) is 0.852. The molecule has 0 saturated carbocycles. The lowest BCUT2D eigenvalue weighted by Crippen LogP contribution is -2.37. The first-order chi connectivity index (χ1) is 8.34. The van der Waals surface area contributed by atoms with Gasteiger partial charge in [0.1, 0.15) is 5.82 Å². The molecule has 3 nitrogen and oxygen atoms in total. The van der Waals surface area contributed by atoms with Crippen LogP contribution in [0, 0.1) is 12.7 Å². The van der Waals surface area contributed by atoms with Crippen molar-refractivity contribution in [2.24, 2.45) is 5.73 Å². The molecule has 5 heteroatoms. The smallest absolute Gasteiger partial charge is 0.256 e. The molecule has 1 aromatic rings. The molecule has 98 valence electrons. The molecule has 0 saturated heterocycles. The van der Waals surface area contributed by atoms with Crippen LogP contribution in [-0.2, 0) is 0 Å². The largest absolute Gasteiger partial charge is 0.393 e. The molecule has 1 amide bonds. The van der Waals surface area contributed by atoms with Crippen LogP contribution < -0.4 is 5.73 Å². The molecule has 0 aliphatic carbocycles. The fourth-order valence-electron chi connectivity index (χ4n) is 1.63. The zero-order valence-electron chi connectivity index (χ0n) is 10.7. The van der Waals surface area contributed by atoms with Gasteiger partial charge in [-0.2, -0.15) is 0 Å². The highest BCUT2D eigenvalue weighted by atomic mass is 32.1. The second kappa shape index (κ2) is 5.91. The zero-order chi connectivity index (χ0) is 13.9.